The molecule has 0 radical (unpaired) electrons. The molecule has 0 N–H and O–H groups in total. The predicted octanol–water partition coefficient (Wildman–Crippen LogP) is 6.92. The van der Waals surface area contributed by atoms with Crippen LogP contribution in [-0.4, -0.2) is 9.85 Å². The molecular weight excluding hydrogens is 322 g/mol. The zero-order chi connectivity index (χ0) is 15.3. The van der Waals surface area contributed by atoms with Gasteiger partial charge in [-0.05, 0) is 31.1 Å². The second-order valence-corrected chi connectivity index (χ2v) is 6.98. The van der Waals surface area contributed by atoms with E-state index in [0.717, 1.165) is 0 Å². The second kappa shape index (κ2) is 12.1. The van der Waals surface area contributed by atoms with Crippen LogP contribution in [0.15, 0.2) is 36.2 Å². The molecular formula is C19H32BrN. The molecule has 0 aromatic rings. The van der Waals surface area contributed by atoms with Crippen molar-refractivity contribution in [3.05, 3.63) is 36.2 Å². The van der Waals surface area contributed by atoms with Crippen molar-refractivity contribution in [1.29, 1.82) is 0 Å². The maximum absolute atomic E-state index is 3.80. The van der Waals surface area contributed by atoms with Crippen LogP contribution in [0.25, 0.3) is 0 Å². The van der Waals surface area contributed by atoms with Gasteiger partial charge in [-0.3, -0.25) is 0 Å². The number of alkyl halides is 1. The maximum atomic E-state index is 3.80. The van der Waals surface area contributed by atoms with Crippen molar-refractivity contribution < 1.29 is 0 Å². The molecule has 1 rings (SSSR count). The number of halogens is 1. The summed E-state index contributed by atoms with van der Waals surface area (Å²) in [7, 11) is 0. The molecule has 0 bridgehead atoms. The first-order valence-electron chi connectivity index (χ1n) is 8.72. The Hall–Kier alpha value is -0.500. The highest BCUT2D eigenvalue weighted by atomic mass is 79.9. The van der Waals surface area contributed by atoms with Crippen molar-refractivity contribution in [1.82, 2.24) is 4.90 Å². The van der Waals surface area contributed by atoms with E-state index in [4.69, 9.17) is 0 Å². The topological polar surface area (TPSA) is 3.24 Å². The van der Waals surface area contributed by atoms with E-state index in [2.05, 4.69) is 65.3 Å². The third kappa shape index (κ3) is 8.50. The Balaban J connectivity index is 1.99. The summed E-state index contributed by atoms with van der Waals surface area (Å²) in [6.45, 7) is 4.36. The van der Waals surface area contributed by atoms with Crippen molar-refractivity contribution in [3.63, 3.8) is 0 Å². The van der Waals surface area contributed by atoms with Crippen LogP contribution in [0.3, 0.4) is 0 Å². The van der Waals surface area contributed by atoms with Crippen molar-refractivity contribution in [2.45, 2.75) is 83.0 Å². The SMILES string of the molecule is CC=C1C=CN(C(Br)CCCCCCCCCCC)C=C1. The van der Waals surface area contributed by atoms with E-state index >= 15 is 0 Å². The highest BCUT2D eigenvalue weighted by molar-refractivity contribution is 9.09. The average molecular weight is 354 g/mol. The van der Waals surface area contributed by atoms with Crippen LogP contribution in [0.4, 0.5) is 0 Å². The lowest BCUT2D eigenvalue weighted by molar-refractivity contribution is 0.435. The van der Waals surface area contributed by atoms with Crippen LogP contribution >= 0.6 is 15.9 Å². The molecule has 1 heterocycles. The predicted molar refractivity (Wildman–Crippen MR) is 98.4 cm³/mol. The molecule has 1 aliphatic rings. The standard InChI is InChI=1S/C19H32BrN/c1-3-5-6-7-8-9-10-11-12-13-19(20)21-16-14-18(4-2)15-17-21/h4,14-17,19H,3,5-13H2,1-2H3. The first-order chi connectivity index (χ1) is 10.3. The number of rotatable bonds is 11. The molecule has 1 atom stereocenters. The Morgan fingerprint density at radius 1 is 0.952 bits per heavy atom. The molecule has 0 fully saturated rings. The largest absolute Gasteiger partial charge is 0.341 e. The zero-order valence-corrected chi connectivity index (χ0v) is 15.4. The second-order valence-electron chi connectivity index (χ2n) is 5.92. The smallest absolute Gasteiger partial charge is 0.0882 e. The Morgan fingerprint density at radius 2 is 1.48 bits per heavy atom. The van der Waals surface area contributed by atoms with Crippen LogP contribution in [0, 0.1) is 0 Å². The minimum Gasteiger partial charge on any atom is -0.341 e. The molecule has 0 aromatic heterocycles. The monoisotopic (exact) mass is 353 g/mol. The van der Waals surface area contributed by atoms with Crippen LogP contribution in [0.5, 0.6) is 0 Å². The van der Waals surface area contributed by atoms with Crippen LogP contribution < -0.4 is 0 Å². The van der Waals surface area contributed by atoms with Crippen molar-refractivity contribution in [2.75, 3.05) is 0 Å². The summed E-state index contributed by atoms with van der Waals surface area (Å²) in [5, 5.41) is 0. The quantitative estimate of drug-likeness (QED) is 0.221. The number of hydrogen-bond donors (Lipinski definition) is 0. The normalized spacial score (nSPS) is 15.6. The molecule has 0 saturated heterocycles. The first-order valence-corrected chi connectivity index (χ1v) is 9.63. The molecule has 0 saturated carbocycles. The lowest BCUT2D eigenvalue weighted by Gasteiger charge is -2.24. The number of nitrogens with zero attached hydrogens (tertiary/aromatic N) is 1. The van der Waals surface area contributed by atoms with Crippen LogP contribution in [0.2, 0.25) is 0 Å². The minimum absolute atomic E-state index is 0.438. The van der Waals surface area contributed by atoms with E-state index in [9.17, 15) is 0 Å². The molecule has 0 aliphatic carbocycles. The molecule has 0 spiro atoms. The van der Waals surface area contributed by atoms with Crippen LogP contribution in [0.1, 0.15) is 78.1 Å². The van der Waals surface area contributed by atoms with Crippen molar-refractivity contribution >= 4 is 15.9 Å². The maximum Gasteiger partial charge on any atom is 0.0882 e. The van der Waals surface area contributed by atoms with Gasteiger partial charge in [0.1, 0.15) is 0 Å². The van der Waals surface area contributed by atoms with Gasteiger partial charge in [-0.1, -0.05) is 86.7 Å². The van der Waals surface area contributed by atoms with E-state index in [1.165, 1.54) is 69.8 Å². The van der Waals surface area contributed by atoms with Gasteiger partial charge in [-0.15, -0.1) is 0 Å². The van der Waals surface area contributed by atoms with Gasteiger partial charge in [0.25, 0.3) is 0 Å². The third-order valence-electron chi connectivity index (χ3n) is 4.08. The van der Waals surface area contributed by atoms with Crippen molar-refractivity contribution in [2.24, 2.45) is 0 Å². The Bertz CT molecular complexity index is 327. The summed E-state index contributed by atoms with van der Waals surface area (Å²) >= 11 is 3.80. The van der Waals surface area contributed by atoms with Crippen molar-refractivity contribution in [3.8, 4) is 0 Å². The Labute approximate surface area is 140 Å². The van der Waals surface area contributed by atoms with Gasteiger partial charge in [0.05, 0.1) is 4.95 Å². The van der Waals surface area contributed by atoms with Gasteiger partial charge in [0.15, 0.2) is 0 Å². The summed E-state index contributed by atoms with van der Waals surface area (Å²) in [4.78, 5) is 2.70. The van der Waals surface area contributed by atoms with Crippen LogP contribution in [-0.2, 0) is 0 Å². The first kappa shape index (κ1) is 18.5. The van der Waals surface area contributed by atoms with Gasteiger partial charge in [0.2, 0.25) is 0 Å². The molecule has 1 aliphatic heterocycles. The molecule has 0 aromatic carbocycles. The third-order valence-corrected chi connectivity index (χ3v) is 5.01. The summed E-state index contributed by atoms with van der Waals surface area (Å²) in [6.07, 6.45) is 24.6. The van der Waals surface area contributed by atoms with E-state index in [1.54, 1.807) is 0 Å². The molecule has 120 valence electrons. The van der Waals surface area contributed by atoms with Gasteiger partial charge in [0, 0.05) is 12.4 Å². The zero-order valence-electron chi connectivity index (χ0n) is 13.9. The van der Waals surface area contributed by atoms with Gasteiger partial charge in [-0.25, -0.2) is 0 Å². The van der Waals surface area contributed by atoms with E-state index in [1.807, 2.05) is 0 Å². The molecule has 1 nitrogen and oxygen atoms in total. The number of hydrogen-bond acceptors (Lipinski definition) is 1. The summed E-state index contributed by atoms with van der Waals surface area (Å²) < 4.78 is 0. The fourth-order valence-corrected chi connectivity index (χ4v) is 3.20. The summed E-state index contributed by atoms with van der Waals surface area (Å²) in [5.74, 6) is 0. The fourth-order valence-electron chi connectivity index (χ4n) is 2.60. The highest BCUT2D eigenvalue weighted by Gasteiger charge is 2.10. The highest BCUT2D eigenvalue weighted by Crippen LogP contribution is 2.21. The van der Waals surface area contributed by atoms with E-state index in [0.29, 0.717) is 4.95 Å². The number of allylic oxidation sites excluding steroid dienone is 4. The molecule has 2 heteroatoms. The van der Waals surface area contributed by atoms with E-state index < -0.39 is 0 Å². The molecule has 1 unspecified atom stereocenters. The lowest BCUT2D eigenvalue weighted by atomic mass is 10.1. The fraction of sp³-hybridized carbons (Fsp3) is 0.684. The Morgan fingerprint density at radius 3 is 2.00 bits per heavy atom. The molecule has 0 amide bonds. The summed E-state index contributed by atoms with van der Waals surface area (Å²) in [5.41, 5.74) is 1.29. The van der Waals surface area contributed by atoms with Gasteiger partial charge < -0.3 is 4.90 Å². The van der Waals surface area contributed by atoms with Gasteiger partial charge in [-0.2, -0.15) is 0 Å². The van der Waals surface area contributed by atoms with Gasteiger partial charge >= 0.3 is 0 Å². The minimum atomic E-state index is 0.438. The lowest BCUT2D eigenvalue weighted by Crippen LogP contribution is -2.21. The molecule has 21 heavy (non-hydrogen) atoms. The number of unbranched alkanes of at least 4 members (excludes halogenated alkanes) is 8. The average Bonchev–Trinajstić information content (AvgIpc) is 2.53. The Kier molecular flexibility index (Phi) is 10.7. The summed E-state index contributed by atoms with van der Waals surface area (Å²) in [6, 6.07) is 0. The van der Waals surface area contributed by atoms with E-state index in [-0.39, 0.29) is 0 Å².